The zero-order chi connectivity index (χ0) is 26.0. The number of sulfonamides is 1. The Balaban J connectivity index is 1.53. The van der Waals surface area contributed by atoms with Crippen LogP contribution in [-0.2, 0) is 26.1 Å². The van der Waals surface area contributed by atoms with Crippen LogP contribution >= 0.6 is 0 Å². The van der Waals surface area contributed by atoms with Gasteiger partial charge in [0.25, 0.3) is 15.9 Å². The van der Waals surface area contributed by atoms with Gasteiger partial charge in [-0.2, -0.15) is 5.26 Å². The minimum atomic E-state index is -3.81. The number of anilines is 1. The molecule has 0 aliphatic carbocycles. The maximum Gasteiger partial charge on any atom is 0.328 e. The minimum absolute atomic E-state index is 0.0546. The summed E-state index contributed by atoms with van der Waals surface area (Å²) in [6, 6.07) is 19.3. The van der Waals surface area contributed by atoms with Gasteiger partial charge in [0.15, 0.2) is 0 Å². The standard InChI is InChI=1S/C27H25N3O5S/c1-17(2)25(27(32)35-3)30-16-21-7-6-20(14-24(21)26(30)31)19-8-10-22(11-9-19)29-36(33,34)23-12-4-18(15-28)5-13-23/h4-14,17,25,29H,16H2,1-3H3. The number of nitriles is 1. The maximum atomic E-state index is 13.2. The van der Waals surface area contributed by atoms with Crippen LogP contribution in [0.15, 0.2) is 71.6 Å². The molecule has 1 unspecified atom stereocenters. The molecule has 0 bridgehead atoms. The summed E-state index contributed by atoms with van der Waals surface area (Å²) in [6.45, 7) is 4.09. The molecular formula is C27H25N3O5S. The van der Waals surface area contributed by atoms with Gasteiger partial charge in [0.05, 0.1) is 23.6 Å². The molecule has 1 heterocycles. The normalized spacial score (nSPS) is 13.8. The van der Waals surface area contributed by atoms with Gasteiger partial charge in [-0.25, -0.2) is 13.2 Å². The average Bonchev–Trinajstić information content (AvgIpc) is 3.19. The summed E-state index contributed by atoms with van der Waals surface area (Å²) >= 11 is 0. The van der Waals surface area contributed by atoms with Crippen molar-refractivity contribution in [2.45, 2.75) is 31.3 Å². The van der Waals surface area contributed by atoms with Crippen molar-refractivity contribution < 1.29 is 22.7 Å². The fourth-order valence-corrected chi connectivity index (χ4v) is 5.32. The number of nitrogens with one attached hydrogen (secondary N) is 1. The second-order valence-corrected chi connectivity index (χ2v) is 10.5. The van der Waals surface area contributed by atoms with Crippen LogP contribution in [-0.4, -0.2) is 38.3 Å². The van der Waals surface area contributed by atoms with E-state index in [1.165, 1.54) is 31.4 Å². The number of benzene rings is 3. The van der Waals surface area contributed by atoms with Crippen LogP contribution in [0.4, 0.5) is 5.69 Å². The van der Waals surface area contributed by atoms with Crippen molar-refractivity contribution in [2.24, 2.45) is 5.92 Å². The van der Waals surface area contributed by atoms with E-state index in [-0.39, 0.29) is 16.7 Å². The highest BCUT2D eigenvalue weighted by Gasteiger charge is 2.38. The highest BCUT2D eigenvalue weighted by molar-refractivity contribution is 7.92. The summed E-state index contributed by atoms with van der Waals surface area (Å²) in [5, 5.41) is 8.89. The molecule has 3 aromatic rings. The number of carbonyl (C=O) groups is 2. The van der Waals surface area contributed by atoms with Gasteiger partial charge in [0.1, 0.15) is 6.04 Å². The van der Waals surface area contributed by atoms with E-state index in [1.807, 2.05) is 32.0 Å². The van der Waals surface area contributed by atoms with Crippen LogP contribution < -0.4 is 4.72 Å². The fourth-order valence-electron chi connectivity index (χ4n) is 4.26. The lowest BCUT2D eigenvalue weighted by atomic mass is 10.0. The van der Waals surface area contributed by atoms with Gasteiger partial charge in [-0.1, -0.05) is 38.1 Å². The smallest absolute Gasteiger partial charge is 0.328 e. The lowest BCUT2D eigenvalue weighted by Crippen LogP contribution is -2.45. The van der Waals surface area contributed by atoms with Gasteiger partial charge >= 0.3 is 5.97 Å². The zero-order valence-corrected chi connectivity index (χ0v) is 20.9. The van der Waals surface area contributed by atoms with Crippen molar-refractivity contribution >= 4 is 27.6 Å². The molecule has 4 rings (SSSR count). The SMILES string of the molecule is COC(=O)C(C(C)C)N1Cc2ccc(-c3ccc(NS(=O)(=O)c4ccc(C#N)cc4)cc3)cc2C1=O. The molecule has 1 atom stereocenters. The Hall–Kier alpha value is -4.16. The summed E-state index contributed by atoms with van der Waals surface area (Å²) < 4.78 is 32.8. The van der Waals surface area contributed by atoms with E-state index in [0.29, 0.717) is 23.4 Å². The number of carbonyl (C=O) groups excluding carboxylic acids is 2. The Labute approximate surface area is 210 Å². The van der Waals surface area contributed by atoms with Gasteiger partial charge in [-0.15, -0.1) is 0 Å². The number of hydrogen-bond acceptors (Lipinski definition) is 6. The van der Waals surface area contributed by atoms with Gasteiger partial charge < -0.3 is 9.64 Å². The Morgan fingerprint density at radius 2 is 1.67 bits per heavy atom. The summed E-state index contributed by atoms with van der Waals surface area (Å²) in [5.41, 5.74) is 3.73. The maximum absolute atomic E-state index is 13.2. The average molecular weight is 504 g/mol. The van der Waals surface area contributed by atoms with Crippen LogP contribution in [0.25, 0.3) is 11.1 Å². The summed E-state index contributed by atoms with van der Waals surface area (Å²) in [7, 11) is -2.49. The minimum Gasteiger partial charge on any atom is -0.467 e. The number of nitrogens with zero attached hydrogens (tertiary/aromatic N) is 2. The number of fused-ring (bicyclic) bond motifs is 1. The van der Waals surface area contributed by atoms with E-state index in [9.17, 15) is 18.0 Å². The van der Waals surface area contributed by atoms with Crippen molar-refractivity contribution in [3.63, 3.8) is 0 Å². The third-order valence-corrected chi connectivity index (χ3v) is 7.51. The molecule has 1 aliphatic rings. The van der Waals surface area contributed by atoms with Crippen LogP contribution in [0.2, 0.25) is 0 Å². The van der Waals surface area contributed by atoms with Gasteiger partial charge in [-0.3, -0.25) is 9.52 Å². The highest BCUT2D eigenvalue weighted by atomic mass is 32.2. The number of rotatable bonds is 7. The first-order valence-electron chi connectivity index (χ1n) is 11.3. The van der Waals surface area contributed by atoms with Crippen molar-refractivity contribution in [1.82, 2.24) is 4.90 Å². The number of methoxy groups -OCH3 is 1. The Morgan fingerprint density at radius 3 is 2.25 bits per heavy atom. The van der Waals surface area contributed by atoms with Crippen LogP contribution in [0.3, 0.4) is 0 Å². The number of ether oxygens (including phenoxy) is 1. The monoisotopic (exact) mass is 503 g/mol. The molecule has 1 amide bonds. The van der Waals surface area contributed by atoms with Gasteiger partial charge in [0.2, 0.25) is 0 Å². The summed E-state index contributed by atoms with van der Waals surface area (Å²) in [5.74, 6) is -0.760. The first-order valence-corrected chi connectivity index (χ1v) is 12.8. The third kappa shape index (κ3) is 4.81. The molecular weight excluding hydrogens is 478 g/mol. The highest BCUT2D eigenvalue weighted by Crippen LogP contribution is 2.32. The number of hydrogen-bond donors (Lipinski definition) is 1. The molecule has 0 saturated carbocycles. The largest absolute Gasteiger partial charge is 0.467 e. The molecule has 184 valence electrons. The molecule has 0 spiro atoms. The number of amides is 1. The van der Waals surface area contributed by atoms with Gasteiger partial charge in [-0.05, 0) is 65.1 Å². The quantitative estimate of drug-likeness (QED) is 0.484. The summed E-state index contributed by atoms with van der Waals surface area (Å²) in [6.07, 6.45) is 0. The predicted molar refractivity (Wildman–Crippen MR) is 134 cm³/mol. The second kappa shape index (κ2) is 9.84. The van der Waals surface area contributed by atoms with E-state index in [0.717, 1.165) is 16.7 Å². The predicted octanol–water partition coefficient (Wildman–Crippen LogP) is 4.18. The van der Waals surface area contributed by atoms with E-state index >= 15 is 0 Å². The van der Waals surface area contributed by atoms with Crippen molar-refractivity contribution in [3.8, 4) is 17.2 Å². The van der Waals surface area contributed by atoms with Crippen molar-refractivity contribution in [3.05, 3.63) is 83.4 Å². The first-order chi connectivity index (χ1) is 17.1. The fraction of sp³-hybridized carbons (Fsp3) is 0.222. The van der Waals surface area contributed by atoms with Crippen LogP contribution in [0, 0.1) is 17.2 Å². The van der Waals surface area contributed by atoms with Crippen LogP contribution in [0.5, 0.6) is 0 Å². The van der Waals surface area contributed by atoms with Crippen LogP contribution in [0.1, 0.15) is 35.3 Å². The molecule has 1 N–H and O–H groups in total. The first kappa shape index (κ1) is 24.9. The Bertz CT molecular complexity index is 1460. The molecule has 9 heteroatoms. The Morgan fingerprint density at radius 1 is 1.03 bits per heavy atom. The van der Waals surface area contributed by atoms with Crippen molar-refractivity contribution in [2.75, 3.05) is 11.8 Å². The lowest BCUT2D eigenvalue weighted by molar-refractivity contribution is -0.147. The van der Waals surface area contributed by atoms with E-state index < -0.39 is 22.0 Å². The second-order valence-electron chi connectivity index (χ2n) is 8.84. The molecule has 0 fully saturated rings. The summed E-state index contributed by atoms with van der Waals surface area (Å²) in [4.78, 5) is 27.1. The third-order valence-electron chi connectivity index (χ3n) is 6.12. The molecule has 8 nitrogen and oxygen atoms in total. The number of esters is 1. The molecule has 0 saturated heterocycles. The van der Waals surface area contributed by atoms with Crippen molar-refractivity contribution in [1.29, 1.82) is 5.26 Å². The lowest BCUT2D eigenvalue weighted by Gasteiger charge is -2.28. The molecule has 3 aromatic carbocycles. The molecule has 0 aromatic heterocycles. The topological polar surface area (TPSA) is 117 Å². The van der Waals surface area contributed by atoms with E-state index in [4.69, 9.17) is 10.00 Å². The Kier molecular flexibility index (Phi) is 6.82. The van der Waals surface area contributed by atoms with E-state index in [2.05, 4.69) is 4.72 Å². The van der Waals surface area contributed by atoms with Gasteiger partial charge in [0, 0.05) is 17.8 Å². The molecule has 0 radical (unpaired) electrons. The molecule has 36 heavy (non-hydrogen) atoms. The van der Waals surface area contributed by atoms with E-state index in [1.54, 1.807) is 35.2 Å². The molecule has 1 aliphatic heterocycles. The zero-order valence-electron chi connectivity index (χ0n) is 20.1.